The summed E-state index contributed by atoms with van der Waals surface area (Å²) >= 11 is 0. The van der Waals surface area contributed by atoms with Crippen LogP contribution >= 0.6 is 0 Å². The van der Waals surface area contributed by atoms with Gasteiger partial charge in [0.25, 0.3) is 0 Å². The number of hydrogen-bond acceptors (Lipinski definition) is 0. The molecule has 1 fully saturated rings. The highest BCUT2D eigenvalue weighted by Crippen LogP contribution is 2.60. The Kier molecular flexibility index (Phi) is 3.15. The van der Waals surface area contributed by atoms with Crippen LogP contribution in [0.3, 0.4) is 0 Å². The molecule has 0 saturated heterocycles. The Hall–Kier alpha value is -0.890. The van der Waals surface area contributed by atoms with Crippen LogP contribution in [0.2, 0.25) is 0 Å². The smallest absolute Gasteiger partial charge is 0.199 e. The van der Waals surface area contributed by atoms with Gasteiger partial charge < -0.3 is 0 Å². The monoisotopic (exact) mass is 312 g/mol. The fourth-order valence-electron chi connectivity index (χ4n) is 2.82. The van der Waals surface area contributed by atoms with Crippen molar-refractivity contribution in [2.24, 2.45) is 17.8 Å². The van der Waals surface area contributed by atoms with Crippen molar-refractivity contribution in [2.45, 2.75) is 36.8 Å². The Balaban J connectivity index is 2.35. The van der Waals surface area contributed by atoms with Gasteiger partial charge in [-0.1, -0.05) is 12.2 Å². The van der Waals surface area contributed by atoms with E-state index in [0.29, 0.717) is 0 Å². The summed E-state index contributed by atoms with van der Waals surface area (Å²) in [6, 6.07) is 0. The molecule has 2 bridgehead atoms. The Morgan fingerprint density at radius 1 is 0.700 bits per heavy atom. The van der Waals surface area contributed by atoms with Crippen molar-refractivity contribution in [1.29, 1.82) is 0 Å². The van der Waals surface area contributed by atoms with Crippen LogP contribution in [0.25, 0.3) is 0 Å². The molecule has 0 radical (unpaired) electrons. The third-order valence-corrected chi connectivity index (χ3v) is 3.91. The van der Waals surface area contributed by atoms with Crippen molar-refractivity contribution in [2.75, 3.05) is 0 Å². The first kappa shape index (κ1) is 15.5. The van der Waals surface area contributed by atoms with Gasteiger partial charge in [-0.2, -0.15) is 39.5 Å². The van der Waals surface area contributed by atoms with E-state index in [1.807, 2.05) is 0 Å². The number of fused-ring (bicyclic) bond motifs is 2. The molecule has 3 unspecified atom stereocenters. The molecule has 1 saturated carbocycles. The predicted octanol–water partition coefficient (Wildman–Crippen LogP) is 4.67. The minimum Gasteiger partial charge on any atom is -0.199 e. The quantitative estimate of drug-likeness (QED) is 0.525. The molecule has 0 spiro atoms. The molecule has 2 rings (SSSR count). The van der Waals surface area contributed by atoms with Crippen LogP contribution in [0.4, 0.5) is 39.5 Å². The van der Waals surface area contributed by atoms with Gasteiger partial charge in [0.15, 0.2) is 0 Å². The Labute approximate surface area is 107 Å². The molecule has 0 N–H and O–H groups in total. The Morgan fingerprint density at radius 3 is 1.60 bits per heavy atom. The first-order chi connectivity index (χ1) is 8.82. The maximum atomic E-state index is 13.6. The zero-order valence-corrected chi connectivity index (χ0v) is 9.70. The normalized spacial score (nSPS) is 31.1. The molecule has 2 aliphatic carbocycles. The molecular weight excluding hydrogens is 303 g/mol. The summed E-state index contributed by atoms with van der Waals surface area (Å²) in [6.07, 6.45) is -4.52. The Morgan fingerprint density at radius 2 is 1.25 bits per heavy atom. The lowest BCUT2D eigenvalue weighted by atomic mass is 9.82. The van der Waals surface area contributed by atoms with E-state index in [4.69, 9.17) is 0 Å². The standard InChI is InChI=1S/C11H9F9/c12-8(13,7-4-5-1-2-6(7)3-5)9(14,15)10(16,17)11(18,19)20/h1-2,5-7H,3-4H2. The molecule has 0 heterocycles. The molecule has 116 valence electrons. The summed E-state index contributed by atoms with van der Waals surface area (Å²) in [6.45, 7) is 0. The van der Waals surface area contributed by atoms with Crippen molar-refractivity contribution in [1.82, 2.24) is 0 Å². The Bertz CT molecular complexity index is 420. The zero-order chi connectivity index (χ0) is 15.6. The molecule has 9 heteroatoms. The molecule has 0 amide bonds. The van der Waals surface area contributed by atoms with Crippen molar-refractivity contribution in [3.63, 3.8) is 0 Å². The van der Waals surface area contributed by atoms with Gasteiger partial charge in [-0.15, -0.1) is 0 Å². The van der Waals surface area contributed by atoms with Crippen LogP contribution in [0.15, 0.2) is 12.2 Å². The molecule has 0 aromatic rings. The predicted molar refractivity (Wildman–Crippen MR) is 49.7 cm³/mol. The fraction of sp³-hybridized carbons (Fsp3) is 0.818. The van der Waals surface area contributed by atoms with Crippen LogP contribution in [0.1, 0.15) is 12.8 Å². The van der Waals surface area contributed by atoms with E-state index < -0.39 is 48.1 Å². The molecular formula is C11H9F9. The molecule has 0 aromatic heterocycles. The number of rotatable bonds is 3. The second-order valence-electron chi connectivity index (χ2n) is 5.16. The zero-order valence-electron chi connectivity index (χ0n) is 9.70. The van der Waals surface area contributed by atoms with Crippen LogP contribution in [-0.2, 0) is 0 Å². The van der Waals surface area contributed by atoms with Crippen LogP contribution in [0.5, 0.6) is 0 Å². The van der Waals surface area contributed by atoms with Crippen molar-refractivity contribution in [3.8, 4) is 0 Å². The van der Waals surface area contributed by atoms with Gasteiger partial charge in [0.1, 0.15) is 0 Å². The van der Waals surface area contributed by atoms with Gasteiger partial charge in [-0.25, -0.2) is 0 Å². The lowest BCUT2D eigenvalue weighted by Crippen LogP contribution is -2.63. The molecule has 2 aliphatic rings. The van der Waals surface area contributed by atoms with Gasteiger partial charge in [0.2, 0.25) is 0 Å². The number of hydrogen-bond donors (Lipinski definition) is 0. The van der Waals surface area contributed by atoms with E-state index in [-0.39, 0.29) is 6.42 Å². The number of halogens is 9. The average molecular weight is 312 g/mol. The van der Waals surface area contributed by atoms with Gasteiger partial charge in [0.05, 0.1) is 0 Å². The van der Waals surface area contributed by atoms with Gasteiger partial charge in [-0.3, -0.25) is 0 Å². The first-order valence-electron chi connectivity index (χ1n) is 5.71. The van der Waals surface area contributed by atoms with E-state index in [0.717, 1.165) is 0 Å². The lowest BCUT2D eigenvalue weighted by molar-refractivity contribution is -0.404. The maximum Gasteiger partial charge on any atom is 0.460 e. The van der Waals surface area contributed by atoms with E-state index in [9.17, 15) is 39.5 Å². The summed E-state index contributed by atoms with van der Waals surface area (Å²) in [5.74, 6) is -22.5. The van der Waals surface area contributed by atoms with Crippen molar-refractivity contribution >= 4 is 0 Å². The fourth-order valence-corrected chi connectivity index (χ4v) is 2.82. The molecule has 0 aromatic carbocycles. The third-order valence-electron chi connectivity index (χ3n) is 3.91. The number of allylic oxidation sites excluding steroid dienone is 2. The molecule has 0 aliphatic heterocycles. The minimum atomic E-state index is -6.78. The summed E-state index contributed by atoms with van der Waals surface area (Å²) in [5, 5.41) is 0. The van der Waals surface area contributed by atoms with Crippen LogP contribution < -0.4 is 0 Å². The van der Waals surface area contributed by atoms with E-state index in [2.05, 4.69) is 0 Å². The van der Waals surface area contributed by atoms with Crippen LogP contribution in [0, 0.1) is 17.8 Å². The maximum absolute atomic E-state index is 13.6. The SMILES string of the molecule is FC(F)(F)C(F)(F)C(F)(F)C(F)(F)C1CC2C=CC1C2. The summed E-state index contributed by atoms with van der Waals surface area (Å²) in [7, 11) is 0. The van der Waals surface area contributed by atoms with Gasteiger partial charge >= 0.3 is 23.9 Å². The highest BCUT2D eigenvalue weighted by Gasteiger charge is 2.83. The molecule has 3 atom stereocenters. The second kappa shape index (κ2) is 4.07. The highest BCUT2D eigenvalue weighted by atomic mass is 19.4. The van der Waals surface area contributed by atoms with E-state index in [1.165, 1.54) is 12.2 Å². The van der Waals surface area contributed by atoms with E-state index in [1.54, 1.807) is 0 Å². The molecule has 0 nitrogen and oxygen atoms in total. The van der Waals surface area contributed by atoms with Crippen molar-refractivity contribution < 1.29 is 39.5 Å². The van der Waals surface area contributed by atoms with Crippen molar-refractivity contribution in [3.05, 3.63) is 12.2 Å². The van der Waals surface area contributed by atoms with Crippen LogP contribution in [-0.4, -0.2) is 23.9 Å². The minimum absolute atomic E-state index is 0.0773. The summed E-state index contributed by atoms with van der Waals surface area (Å²) in [4.78, 5) is 0. The first-order valence-corrected chi connectivity index (χ1v) is 5.71. The van der Waals surface area contributed by atoms with Gasteiger partial charge in [-0.05, 0) is 24.7 Å². The third kappa shape index (κ3) is 1.84. The number of alkyl halides is 9. The topological polar surface area (TPSA) is 0 Å². The highest BCUT2D eigenvalue weighted by molar-refractivity contribution is 5.16. The molecule has 20 heavy (non-hydrogen) atoms. The largest absolute Gasteiger partial charge is 0.460 e. The average Bonchev–Trinajstić information content (AvgIpc) is 2.88. The van der Waals surface area contributed by atoms with E-state index >= 15 is 0 Å². The summed E-state index contributed by atoms with van der Waals surface area (Å²) in [5.41, 5.74) is 0. The summed E-state index contributed by atoms with van der Waals surface area (Å²) < 4.78 is 115. The van der Waals surface area contributed by atoms with Gasteiger partial charge in [0, 0.05) is 5.92 Å². The lowest BCUT2D eigenvalue weighted by Gasteiger charge is -2.38. The second-order valence-corrected chi connectivity index (χ2v) is 5.16.